The minimum atomic E-state index is 0. The molecule has 0 saturated carbocycles. The molecule has 3 heteroatoms. The summed E-state index contributed by atoms with van der Waals surface area (Å²) in [4.78, 5) is 0. The Bertz CT molecular complexity index is 250. The van der Waals surface area contributed by atoms with Gasteiger partial charge in [-0.15, -0.1) is 12.4 Å². The highest BCUT2D eigenvalue weighted by Crippen LogP contribution is 2.15. The fourth-order valence-electron chi connectivity index (χ4n) is 0.956. The molecule has 0 fully saturated rings. The molecule has 0 aliphatic heterocycles. The summed E-state index contributed by atoms with van der Waals surface area (Å²) < 4.78 is 1.18. The summed E-state index contributed by atoms with van der Waals surface area (Å²) in [6.45, 7) is 5.23. The van der Waals surface area contributed by atoms with Gasteiger partial charge in [0.1, 0.15) is 0 Å². The van der Waals surface area contributed by atoms with E-state index in [4.69, 9.17) is 0 Å². The van der Waals surface area contributed by atoms with E-state index in [0.29, 0.717) is 6.04 Å². The third kappa shape index (κ3) is 4.65. The van der Waals surface area contributed by atoms with Gasteiger partial charge in [0.15, 0.2) is 0 Å². The van der Waals surface area contributed by atoms with Crippen LogP contribution in [0.3, 0.4) is 0 Å². The molecule has 0 radical (unpaired) electrons. The summed E-state index contributed by atoms with van der Waals surface area (Å²) in [5.74, 6) is 0. The molecule has 13 heavy (non-hydrogen) atoms. The second kappa shape index (κ2) is 6.41. The number of nitrogens with one attached hydrogen (secondary N) is 1. The largest absolute Gasteiger partial charge is 0.310 e. The third-order valence-corrected chi connectivity index (χ3v) is 2.43. The van der Waals surface area contributed by atoms with E-state index in [1.54, 1.807) is 0 Å². The first-order valence-electron chi connectivity index (χ1n) is 4.17. The van der Waals surface area contributed by atoms with Crippen LogP contribution < -0.4 is 5.32 Å². The van der Waals surface area contributed by atoms with Crippen LogP contribution in [0.1, 0.15) is 19.4 Å². The molecule has 0 bridgehead atoms. The van der Waals surface area contributed by atoms with Crippen molar-refractivity contribution in [3.8, 4) is 0 Å². The summed E-state index contributed by atoms with van der Waals surface area (Å²) in [6.07, 6.45) is 0. The Kier molecular flexibility index (Phi) is 6.39. The topological polar surface area (TPSA) is 12.0 Å². The Morgan fingerprint density at radius 1 is 1.31 bits per heavy atom. The van der Waals surface area contributed by atoms with Crippen molar-refractivity contribution in [1.29, 1.82) is 0 Å². The van der Waals surface area contributed by atoms with Crippen molar-refractivity contribution in [3.63, 3.8) is 0 Å². The van der Waals surface area contributed by atoms with E-state index in [0.717, 1.165) is 6.54 Å². The molecule has 1 nitrogen and oxygen atoms in total. The first kappa shape index (κ1) is 12.9. The number of hydrogen-bond donors (Lipinski definition) is 1. The summed E-state index contributed by atoms with van der Waals surface area (Å²) in [5, 5.41) is 3.37. The Morgan fingerprint density at radius 2 is 1.92 bits per heavy atom. The molecule has 1 N–H and O–H groups in total. The van der Waals surface area contributed by atoms with Crippen LogP contribution in [0.2, 0.25) is 0 Å². The lowest BCUT2D eigenvalue weighted by Crippen LogP contribution is -2.21. The maximum atomic E-state index is 3.51. The van der Waals surface area contributed by atoms with Gasteiger partial charge in [0.2, 0.25) is 0 Å². The summed E-state index contributed by atoms with van der Waals surface area (Å²) in [7, 11) is 0. The zero-order chi connectivity index (χ0) is 8.97. The minimum absolute atomic E-state index is 0. The van der Waals surface area contributed by atoms with Crippen LogP contribution in [0.15, 0.2) is 28.7 Å². The summed E-state index contributed by atoms with van der Waals surface area (Å²) >= 11 is 3.51. The van der Waals surface area contributed by atoms with E-state index in [1.807, 2.05) is 6.07 Å². The molecule has 0 aliphatic rings. The number of halogens is 2. The fourth-order valence-corrected chi connectivity index (χ4v) is 1.38. The molecular weight excluding hydrogens is 249 g/mol. The zero-order valence-corrected chi connectivity index (χ0v) is 10.3. The van der Waals surface area contributed by atoms with Crippen molar-refractivity contribution in [1.82, 2.24) is 5.32 Å². The van der Waals surface area contributed by atoms with E-state index in [-0.39, 0.29) is 12.4 Å². The van der Waals surface area contributed by atoms with Crippen molar-refractivity contribution in [2.45, 2.75) is 26.4 Å². The highest BCUT2D eigenvalue weighted by molar-refractivity contribution is 9.10. The predicted molar refractivity (Wildman–Crippen MR) is 63.4 cm³/mol. The van der Waals surface area contributed by atoms with Crippen LogP contribution in [0.25, 0.3) is 0 Å². The molecule has 1 rings (SSSR count). The first-order valence-corrected chi connectivity index (χ1v) is 4.96. The zero-order valence-electron chi connectivity index (χ0n) is 7.88. The molecular formula is C10H15BrClN. The van der Waals surface area contributed by atoms with Gasteiger partial charge >= 0.3 is 0 Å². The Morgan fingerprint density at radius 3 is 2.46 bits per heavy atom. The predicted octanol–water partition coefficient (Wildman–Crippen LogP) is 3.37. The Labute approximate surface area is 94.5 Å². The molecule has 0 atom stereocenters. The van der Waals surface area contributed by atoms with Gasteiger partial charge < -0.3 is 5.32 Å². The fraction of sp³-hybridized carbons (Fsp3) is 0.400. The van der Waals surface area contributed by atoms with E-state index < -0.39 is 0 Å². The van der Waals surface area contributed by atoms with Gasteiger partial charge in [0, 0.05) is 17.1 Å². The van der Waals surface area contributed by atoms with Crippen molar-refractivity contribution >= 4 is 28.3 Å². The normalized spacial score (nSPS) is 9.85. The summed E-state index contributed by atoms with van der Waals surface area (Å²) in [5.41, 5.74) is 1.31. The highest BCUT2D eigenvalue weighted by atomic mass is 79.9. The molecule has 0 aromatic heterocycles. The maximum absolute atomic E-state index is 3.51. The molecule has 1 aromatic carbocycles. The third-order valence-electron chi connectivity index (χ3n) is 1.66. The second-order valence-corrected chi connectivity index (χ2v) is 3.98. The van der Waals surface area contributed by atoms with Crippen molar-refractivity contribution in [2.24, 2.45) is 0 Å². The van der Waals surface area contributed by atoms with Gasteiger partial charge in [-0.1, -0.05) is 48.0 Å². The lowest BCUT2D eigenvalue weighted by molar-refractivity contribution is 0.588. The standard InChI is InChI=1S/C10H14BrN.ClH/c1-8(2)12-7-9-5-3-4-6-10(9)11;/h3-6,8,12H,7H2,1-2H3;1H. The smallest absolute Gasteiger partial charge is 0.0220 e. The molecule has 0 aliphatic carbocycles. The van der Waals surface area contributed by atoms with Crippen LogP contribution in [0.4, 0.5) is 0 Å². The molecule has 1 aromatic rings. The van der Waals surface area contributed by atoms with Crippen LogP contribution in [0.5, 0.6) is 0 Å². The minimum Gasteiger partial charge on any atom is -0.310 e. The highest BCUT2D eigenvalue weighted by Gasteiger charge is 1.98. The molecule has 74 valence electrons. The summed E-state index contributed by atoms with van der Waals surface area (Å²) in [6, 6.07) is 8.82. The van der Waals surface area contributed by atoms with Crippen LogP contribution in [0, 0.1) is 0 Å². The van der Waals surface area contributed by atoms with E-state index >= 15 is 0 Å². The van der Waals surface area contributed by atoms with Crippen molar-refractivity contribution in [3.05, 3.63) is 34.3 Å². The van der Waals surface area contributed by atoms with Crippen LogP contribution in [-0.4, -0.2) is 6.04 Å². The lowest BCUT2D eigenvalue weighted by Gasteiger charge is -2.08. The molecule has 0 amide bonds. The van der Waals surface area contributed by atoms with Crippen LogP contribution in [-0.2, 0) is 6.54 Å². The van der Waals surface area contributed by atoms with E-state index in [1.165, 1.54) is 10.0 Å². The maximum Gasteiger partial charge on any atom is 0.0220 e. The van der Waals surface area contributed by atoms with Gasteiger partial charge in [-0.25, -0.2) is 0 Å². The monoisotopic (exact) mass is 263 g/mol. The van der Waals surface area contributed by atoms with Crippen molar-refractivity contribution in [2.75, 3.05) is 0 Å². The molecule has 0 heterocycles. The Balaban J connectivity index is 0.00000144. The van der Waals surface area contributed by atoms with Crippen molar-refractivity contribution < 1.29 is 0 Å². The number of rotatable bonds is 3. The number of hydrogen-bond acceptors (Lipinski definition) is 1. The number of benzene rings is 1. The van der Waals surface area contributed by atoms with Crippen LogP contribution >= 0.6 is 28.3 Å². The lowest BCUT2D eigenvalue weighted by atomic mass is 10.2. The average Bonchev–Trinajstić information content (AvgIpc) is 2.03. The van der Waals surface area contributed by atoms with E-state index in [9.17, 15) is 0 Å². The van der Waals surface area contributed by atoms with Gasteiger partial charge in [-0.05, 0) is 11.6 Å². The second-order valence-electron chi connectivity index (χ2n) is 3.13. The first-order chi connectivity index (χ1) is 5.70. The van der Waals surface area contributed by atoms with Gasteiger partial charge in [-0.3, -0.25) is 0 Å². The molecule has 0 spiro atoms. The van der Waals surface area contributed by atoms with Gasteiger partial charge in [0.25, 0.3) is 0 Å². The quantitative estimate of drug-likeness (QED) is 0.883. The van der Waals surface area contributed by atoms with Gasteiger partial charge in [-0.2, -0.15) is 0 Å². The van der Waals surface area contributed by atoms with E-state index in [2.05, 4.69) is 53.3 Å². The molecule has 0 saturated heterocycles. The molecule has 0 unspecified atom stereocenters. The SMILES string of the molecule is CC(C)NCc1ccccc1Br.Cl. The average molecular weight is 265 g/mol. The van der Waals surface area contributed by atoms with Gasteiger partial charge in [0.05, 0.1) is 0 Å². The Hall–Kier alpha value is -0.0500.